The standard InChI is InChI=1S/C31H28N4O6/c1-2-39-31(38)25-17-24-28(32-26-11-5-6-14-34(26)30(24)37)35(18-23-10-7-15-40-23)29(25)33-27(36)19-41-22-13-12-20-8-3-4-9-21(20)16-22/h3-6,8-9,11-14,16-17,23H,2,7,10,15,18-19H2,1H3/t23-/m0/s1. The van der Waals surface area contributed by atoms with Gasteiger partial charge in [0.15, 0.2) is 12.1 Å². The number of aromatic nitrogens is 3. The van der Waals surface area contributed by atoms with Crippen LogP contribution in [0.15, 0.2) is 82.7 Å². The molecule has 1 aliphatic heterocycles. The van der Waals surface area contributed by atoms with E-state index >= 15 is 0 Å². The number of hydrogen-bond donors (Lipinski definition) is 0. The summed E-state index contributed by atoms with van der Waals surface area (Å²) in [5.41, 5.74) is 0.408. The van der Waals surface area contributed by atoms with Crippen molar-refractivity contribution >= 4 is 39.3 Å². The summed E-state index contributed by atoms with van der Waals surface area (Å²) in [5, 5.41) is 2.23. The zero-order chi connectivity index (χ0) is 28.3. The lowest BCUT2D eigenvalue weighted by Gasteiger charge is -2.18. The van der Waals surface area contributed by atoms with Crippen molar-refractivity contribution in [3.8, 4) is 5.75 Å². The second kappa shape index (κ2) is 11.3. The Kier molecular flexibility index (Phi) is 7.30. The molecule has 10 heteroatoms. The van der Waals surface area contributed by atoms with Crippen LogP contribution in [-0.2, 0) is 20.8 Å². The molecule has 0 spiro atoms. The number of pyridine rings is 2. The van der Waals surface area contributed by atoms with Crippen molar-refractivity contribution in [1.29, 1.82) is 0 Å². The molecule has 5 aromatic rings. The maximum absolute atomic E-state index is 13.5. The van der Waals surface area contributed by atoms with E-state index in [2.05, 4.69) is 4.99 Å². The van der Waals surface area contributed by atoms with Gasteiger partial charge >= 0.3 is 5.97 Å². The third-order valence-corrected chi connectivity index (χ3v) is 7.01. The molecule has 1 fully saturated rings. The Morgan fingerprint density at radius 2 is 1.90 bits per heavy atom. The molecular weight excluding hydrogens is 524 g/mol. The van der Waals surface area contributed by atoms with Crippen LogP contribution in [0.2, 0.25) is 0 Å². The van der Waals surface area contributed by atoms with E-state index in [0.29, 0.717) is 23.7 Å². The molecule has 2 aromatic carbocycles. The average Bonchev–Trinajstić information content (AvgIpc) is 3.51. The van der Waals surface area contributed by atoms with Crippen molar-refractivity contribution in [1.82, 2.24) is 14.0 Å². The molecule has 1 saturated heterocycles. The number of carbonyl (C=O) groups is 2. The highest BCUT2D eigenvalue weighted by Crippen LogP contribution is 2.21. The molecule has 1 atom stereocenters. The quantitative estimate of drug-likeness (QED) is 0.224. The van der Waals surface area contributed by atoms with Gasteiger partial charge in [-0.25, -0.2) is 9.78 Å². The van der Waals surface area contributed by atoms with Crippen molar-refractivity contribution in [2.45, 2.75) is 32.4 Å². The largest absolute Gasteiger partial charge is 0.484 e. The number of ether oxygens (including phenoxy) is 3. The van der Waals surface area contributed by atoms with E-state index in [9.17, 15) is 14.4 Å². The minimum absolute atomic E-state index is 0.00816. The first-order valence-electron chi connectivity index (χ1n) is 13.5. The van der Waals surface area contributed by atoms with E-state index in [1.807, 2.05) is 36.4 Å². The van der Waals surface area contributed by atoms with Gasteiger partial charge in [0.1, 0.15) is 22.6 Å². The number of fused-ring (bicyclic) bond motifs is 3. The Morgan fingerprint density at radius 1 is 1.07 bits per heavy atom. The van der Waals surface area contributed by atoms with E-state index in [4.69, 9.17) is 19.2 Å². The molecule has 208 valence electrons. The molecular formula is C31H28N4O6. The lowest BCUT2D eigenvalue weighted by molar-refractivity contribution is -0.120. The van der Waals surface area contributed by atoms with Crippen molar-refractivity contribution in [2.75, 3.05) is 19.8 Å². The highest BCUT2D eigenvalue weighted by Gasteiger charge is 2.23. The number of nitrogens with zero attached hydrogens (tertiary/aromatic N) is 4. The Bertz CT molecular complexity index is 1920. The number of hydrogen-bond acceptors (Lipinski definition) is 7. The van der Waals surface area contributed by atoms with Gasteiger partial charge in [0.2, 0.25) is 0 Å². The maximum Gasteiger partial charge on any atom is 0.341 e. The van der Waals surface area contributed by atoms with E-state index < -0.39 is 11.9 Å². The minimum atomic E-state index is -0.699. The molecule has 0 saturated carbocycles. The number of esters is 1. The first-order chi connectivity index (χ1) is 20.0. The lowest BCUT2D eigenvalue weighted by Crippen LogP contribution is -2.35. The van der Waals surface area contributed by atoms with Crippen molar-refractivity contribution < 1.29 is 23.8 Å². The molecule has 6 rings (SSSR count). The highest BCUT2D eigenvalue weighted by molar-refractivity contribution is 5.94. The van der Waals surface area contributed by atoms with Crippen LogP contribution in [-0.4, -0.2) is 51.8 Å². The first-order valence-corrected chi connectivity index (χ1v) is 13.5. The van der Waals surface area contributed by atoms with E-state index in [1.165, 1.54) is 10.5 Å². The summed E-state index contributed by atoms with van der Waals surface area (Å²) in [6.45, 7) is 2.28. The van der Waals surface area contributed by atoms with E-state index in [1.54, 1.807) is 42.0 Å². The average molecular weight is 553 g/mol. The Hall–Kier alpha value is -4.83. The summed E-state index contributed by atoms with van der Waals surface area (Å²) in [5.74, 6) is -0.790. The van der Waals surface area contributed by atoms with Gasteiger partial charge in [-0.3, -0.25) is 14.0 Å². The minimum Gasteiger partial charge on any atom is -0.484 e. The van der Waals surface area contributed by atoms with Crippen LogP contribution in [0.4, 0.5) is 0 Å². The van der Waals surface area contributed by atoms with Gasteiger partial charge in [-0.05, 0) is 60.9 Å². The van der Waals surface area contributed by atoms with Crippen LogP contribution in [0.3, 0.4) is 0 Å². The number of rotatable bonds is 7. The van der Waals surface area contributed by atoms with Gasteiger partial charge in [-0.1, -0.05) is 36.4 Å². The molecule has 0 bridgehead atoms. The normalized spacial score (nSPS) is 15.5. The van der Waals surface area contributed by atoms with Gasteiger partial charge in [0.25, 0.3) is 11.5 Å². The number of benzene rings is 2. The SMILES string of the molecule is CCOC(=O)c1cc2c(=O)n3ccccc3nc2n(C[C@@H]2CCCO2)c1=NC(=O)COc1ccc2ccccc2c1. The summed E-state index contributed by atoms with van der Waals surface area (Å²) in [7, 11) is 0. The van der Waals surface area contributed by atoms with Gasteiger partial charge in [0, 0.05) is 12.8 Å². The van der Waals surface area contributed by atoms with Crippen molar-refractivity contribution in [3.63, 3.8) is 0 Å². The fourth-order valence-corrected chi connectivity index (χ4v) is 5.07. The zero-order valence-electron chi connectivity index (χ0n) is 22.5. The molecule has 0 radical (unpaired) electrons. The summed E-state index contributed by atoms with van der Waals surface area (Å²) in [6.07, 6.45) is 3.08. The van der Waals surface area contributed by atoms with Gasteiger partial charge in [-0.15, -0.1) is 0 Å². The topological polar surface area (TPSA) is 113 Å². The Balaban J connectivity index is 1.48. The van der Waals surface area contributed by atoms with Crippen LogP contribution < -0.4 is 15.8 Å². The van der Waals surface area contributed by atoms with E-state index in [0.717, 1.165) is 23.6 Å². The second-order valence-corrected chi connectivity index (χ2v) is 9.73. The van der Waals surface area contributed by atoms with E-state index in [-0.39, 0.29) is 47.9 Å². The number of amides is 1. The van der Waals surface area contributed by atoms with Gasteiger partial charge in [-0.2, -0.15) is 4.99 Å². The Labute approximate surface area is 234 Å². The first kappa shape index (κ1) is 26.4. The fourth-order valence-electron chi connectivity index (χ4n) is 5.07. The van der Waals surface area contributed by atoms with Crippen LogP contribution >= 0.6 is 0 Å². The molecule has 4 heterocycles. The molecule has 0 aliphatic carbocycles. The van der Waals surface area contributed by atoms with Gasteiger partial charge in [0.05, 0.1) is 24.6 Å². The third-order valence-electron chi connectivity index (χ3n) is 7.01. The van der Waals surface area contributed by atoms with Crippen LogP contribution in [0.5, 0.6) is 5.75 Å². The number of carbonyl (C=O) groups excluding carboxylic acids is 2. The predicted octanol–water partition coefficient (Wildman–Crippen LogP) is 3.66. The Morgan fingerprint density at radius 3 is 2.71 bits per heavy atom. The van der Waals surface area contributed by atoms with Gasteiger partial charge < -0.3 is 18.8 Å². The summed E-state index contributed by atoms with van der Waals surface area (Å²) < 4.78 is 20.0. The molecule has 0 N–H and O–H groups in total. The summed E-state index contributed by atoms with van der Waals surface area (Å²) in [6, 6.07) is 20.0. The molecule has 1 amide bonds. The van der Waals surface area contributed by atoms with Crippen LogP contribution in [0.1, 0.15) is 30.1 Å². The van der Waals surface area contributed by atoms with Crippen molar-refractivity contribution in [3.05, 3.63) is 94.3 Å². The highest BCUT2D eigenvalue weighted by atomic mass is 16.5. The molecule has 10 nitrogen and oxygen atoms in total. The molecule has 0 unspecified atom stereocenters. The third kappa shape index (κ3) is 5.33. The fraction of sp³-hybridized carbons (Fsp3) is 0.258. The van der Waals surface area contributed by atoms with Crippen LogP contribution in [0.25, 0.3) is 27.5 Å². The lowest BCUT2D eigenvalue weighted by atomic mass is 10.1. The summed E-state index contributed by atoms with van der Waals surface area (Å²) >= 11 is 0. The second-order valence-electron chi connectivity index (χ2n) is 9.73. The predicted molar refractivity (Wildman–Crippen MR) is 152 cm³/mol. The smallest absolute Gasteiger partial charge is 0.341 e. The molecule has 41 heavy (non-hydrogen) atoms. The monoisotopic (exact) mass is 552 g/mol. The van der Waals surface area contributed by atoms with Crippen LogP contribution in [0, 0.1) is 0 Å². The summed E-state index contributed by atoms with van der Waals surface area (Å²) in [4.78, 5) is 48.9. The maximum atomic E-state index is 13.5. The molecule has 3 aromatic heterocycles. The zero-order valence-corrected chi connectivity index (χ0v) is 22.5. The van der Waals surface area contributed by atoms with Crippen molar-refractivity contribution in [2.24, 2.45) is 4.99 Å². The molecule has 1 aliphatic rings.